The Balaban J connectivity index is 2.29. The molecule has 1 N–H and O–H groups in total. The van der Waals surface area contributed by atoms with Crippen LogP contribution in [-0.2, 0) is 9.59 Å². The Labute approximate surface area is 65.5 Å². The van der Waals surface area contributed by atoms with Crippen molar-refractivity contribution in [3.05, 3.63) is 0 Å². The monoisotopic (exact) mass is 156 g/mol. The van der Waals surface area contributed by atoms with Crippen molar-refractivity contribution in [3.63, 3.8) is 0 Å². The van der Waals surface area contributed by atoms with Gasteiger partial charge in [0.1, 0.15) is 6.29 Å². The first-order valence-electron chi connectivity index (χ1n) is 3.70. The van der Waals surface area contributed by atoms with Crippen LogP contribution >= 0.6 is 0 Å². The molecular weight excluding hydrogens is 144 g/mol. The summed E-state index contributed by atoms with van der Waals surface area (Å²) in [7, 11) is 0. The van der Waals surface area contributed by atoms with Gasteiger partial charge < -0.3 is 4.79 Å². The van der Waals surface area contributed by atoms with Gasteiger partial charge in [0, 0.05) is 25.9 Å². The van der Waals surface area contributed by atoms with Crippen molar-refractivity contribution < 1.29 is 9.59 Å². The van der Waals surface area contributed by atoms with Crippen LogP contribution in [0.2, 0.25) is 0 Å². The molecule has 11 heavy (non-hydrogen) atoms. The second-order valence-electron chi connectivity index (χ2n) is 2.80. The van der Waals surface area contributed by atoms with E-state index in [0.29, 0.717) is 6.54 Å². The van der Waals surface area contributed by atoms with Crippen LogP contribution in [0.4, 0.5) is 0 Å². The molecule has 0 bridgehead atoms. The molecular formula is C7H12N2O2. The van der Waals surface area contributed by atoms with Gasteiger partial charge in [-0.05, 0) is 6.42 Å². The number of aldehydes is 1. The zero-order valence-corrected chi connectivity index (χ0v) is 6.54. The van der Waals surface area contributed by atoms with Crippen LogP contribution in [0.15, 0.2) is 0 Å². The van der Waals surface area contributed by atoms with E-state index in [1.165, 1.54) is 6.92 Å². The van der Waals surface area contributed by atoms with Crippen molar-refractivity contribution in [2.24, 2.45) is 5.92 Å². The van der Waals surface area contributed by atoms with Gasteiger partial charge in [0.15, 0.2) is 0 Å². The normalized spacial score (nSPS) is 25.0. The molecule has 0 spiro atoms. The van der Waals surface area contributed by atoms with E-state index in [4.69, 9.17) is 0 Å². The maximum absolute atomic E-state index is 10.6. The SMILES string of the molecule is CC(=O)NN1CCC(C=O)C1. The first-order chi connectivity index (χ1) is 5.22. The van der Waals surface area contributed by atoms with Gasteiger partial charge in [0.25, 0.3) is 0 Å². The Morgan fingerprint density at radius 2 is 2.45 bits per heavy atom. The zero-order chi connectivity index (χ0) is 8.27. The molecule has 1 fully saturated rings. The van der Waals surface area contributed by atoms with E-state index in [-0.39, 0.29) is 11.8 Å². The first kappa shape index (κ1) is 8.20. The molecule has 1 saturated heterocycles. The molecule has 0 aromatic heterocycles. The summed E-state index contributed by atoms with van der Waals surface area (Å²) >= 11 is 0. The molecule has 1 heterocycles. The van der Waals surface area contributed by atoms with E-state index in [2.05, 4.69) is 5.43 Å². The highest BCUT2D eigenvalue weighted by Gasteiger charge is 2.21. The number of hydrogen-bond donors (Lipinski definition) is 1. The molecule has 1 amide bonds. The molecule has 1 atom stereocenters. The van der Waals surface area contributed by atoms with Crippen molar-refractivity contribution in [1.82, 2.24) is 10.4 Å². The summed E-state index contributed by atoms with van der Waals surface area (Å²) in [6, 6.07) is 0. The fourth-order valence-corrected chi connectivity index (χ4v) is 1.22. The Morgan fingerprint density at radius 3 is 2.91 bits per heavy atom. The molecule has 1 unspecified atom stereocenters. The molecule has 1 rings (SSSR count). The predicted molar refractivity (Wildman–Crippen MR) is 39.6 cm³/mol. The number of amides is 1. The highest BCUT2D eigenvalue weighted by molar-refractivity contribution is 5.72. The number of nitrogens with one attached hydrogen (secondary N) is 1. The molecule has 4 heteroatoms. The van der Waals surface area contributed by atoms with Crippen LogP contribution in [0.3, 0.4) is 0 Å². The number of hydrazine groups is 1. The molecule has 4 nitrogen and oxygen atoms in total. The van der Waals surface area contributed by atoms with Crippen molar-refractivity contribution in [3.8, 4) is 0 Å². The summed E-state index contributed by atoms with van der Waals surface area (Å²) in [5, 5.41) is 1.78. The van der Waals surface area contributed by atoms with Crippen molar-refractivity contribution in [2.45, 2.75) is 13.3 Å². The Bertz CT molecular complexity index is 170. The fourth-order valence-electron chi connectivity index (χ4n) is 1.22. The van der Waals surface area contributed by atoms with E-state index < -0.39 is 0 Å². The van der Waals surface area contributed by atoms with Crippen LogP contribution in [0.5, 0.6) is 0 Å². The maximum Gasteiger partial charge on any atom is 0.231 e. The third-order valence-corrected chi connectivity index (χ3v) is 1.73. The van der Waals surface area contributed by atoms with Crippen LogP contribution in [0.25, 0.3) is 0 Å². The van der Waals surface area contributed by atoms with Gasteiger partial charge in [-0.15, -0.1) is 0 Å². The number of nitrogens with zero attached hydrogens (tertiary/aromatic N) is 1. The highest BCUT2D eigenvalue weighted by atomic mass is 16.2. The molecule has 0 aliphatic carbocycles. The number of hydrogen-bond acceptors (Lipinski definition) is 3. The van der Waals surface area contributed by atoms with E-state index >= 15 is 0 Å². The van der Waals surface area contributed by atoms with Gasteiger partial charge in [-0.2, -0.15) is 0 Å². The molecule has 0 aromatic carbocycles. The van der Waals surface area contributed by atoms with Crippen LogP contribution < -0.4 is 5.43 Å². The molecule has 1 aliphatic rings. The molecule has 0 radical (unpaired) electrons. The second-order valence-corrected chi connectivity index (χ2v) is 2.80. The lowest BCUT2D eigenvalue weighted by Gasteiger charge is -2.14. The molecule has 0 saturated carbocycles. The lowest BCUT2D eigenvalue weighted by atomic mass is 10.1. The first-order valence-corrected chi connectivity index (χ1v) is 3.70. The van der Waals surface area contributed by atoms with Crippen molar-refractivity contribution in [1.29, 1.82) is 0 Å². The Morgan fingerprint density at radius 1 is 1.73 bits per heavy atom. The largest absolute Gasteiger partial charge is 0.303 e. The lowest BCUT2D eigenvalue weighted by molar-refractivity contribution is -0.123. The average Bonchev–Trinajstić information content (AvgIpc) is 2.34. The molecule has 0 aromatic rings. The molecule has 62 valence electrons. The highest BCUT2D eigenvalue weighted by Crippen LogP contribution is 2.10. The van der Waals surface area contributed by atoms with Gasteiger partial charge >= 0.3 is 0 Å². The third kappa shape index (κ3) is 2.31. The summed E-state index contributed by atoms with van der Waals surface area (Å²) in [6.45, 7) is 2.90. The maximum atomic E-state index is 10.6. The number of carbonyl (C=O) groups is 2. The van der Waals surface area contributed by atoms with E-state index in [1.807, 2.05) is 0 Å². The second kappa shape index (κ2) is 3.48. The smallest absolute Gasteiger partial charge is 0.231 e. The Kier molecular flexibility index (Phi) is 2.59. The minimum Gasteiger partial charge on any atom is -0.303 e. The summed E-state index contributed by atoms with van der Waals surface area (Å²) in [5.74, 6) is 0.0263. The van der Waals surface area contributed by atoms with Crippen LogP contribution in [0, 0.1) is 5.92 Å². The van der Waals surface area contributed by atoms with Crippen molar-refractivity contribution >= 4 is 12.2 Å². The summed E-state index contributed by atoms with van der Waals surface area (Å²) in [5.41, 5.74) is 2.64. The van der Waals surface area contributed by atoms with Gasteiger partial charge in [0.05, 0.1) is 0 Å². The van der Waals surface area contributed by atoms with E-state index in [0.717, 1.165) is 19.3 Å². The summed E-state index contributed by atoms with van der Waals surface area (Å²) < 4.78 is 0. The Hall–Kier alpha value is -0.900. The number of carbonyl (C=O) groups excluding carboxylic acids is 2. The summed E-state index contributed by atoms with van der Waals surface area (Å²) in [6.07, 6.45) is 1.80. The third-order valence-electron chi connectivity index (χ3n) is 1.73. The van der Waals surface area contributed by atoms with Crippen LogP contribution in [0.1, 0.15) is 13.3 Å². The topological polar surface area (TPSA) is 49.4 Å². The minimum atomic E-state index is -0.0726. The standard InChI is InChI=1S/C7H12N2O2/c1-6(11)8-9-3-2-7(4-9)5-10/h5,7H,2-4H2,1H3,(H,8,11). The lowest BCUT2D eigenvalue weighted by Crippen LogP contribution is -2.39. The fraction of sp³-hybridized carbons (Fsp3) is 0.714. The number of rotatable bonds is 2. The predicted octanol–water partition coefficient (Wildman–Crippen LogP) is -0.442. The van der Waals surface area contributed by atoms with Crippen molar-refractivity contribution in [2.75, 3.05) is 13.1 Å². The minimum absolute atomic E-state index is 0.0726. The molecule has 1 aliphatic heterocycles. The van der Waals surface area contributed by atoms with Crippen LogP contribution in [-0.4, -0.2) is 30.3 Å². The van der Waals surface area contributed by atoms with Gasteiger partial charge in [0.2, 0.25) is 5.91 Å². The van der Waals surface area contributed by atoms with Gasteiger partial charge in [-0.25, -0.2) is 5.01 Å². The zero-order valence-electron chi connectivity index (χ0n) is 6.54. The average molecular weight is 156 g/mol. The quantitative estimate of drug-likeness (QED) is 0.551. The van der Waals surface area contributed by atoms with E-state index in [1.54, 1.807) is 5.01 Å². The summed E-state index contributed by atoms with van der Waals surface area (Å²) in [4.78, 5) is 20.9. The van der Waals surface area contributed by atoms with Gasteiger partial charge in [-0.3, -0.25) is 10.2 Å². The van der Waals surface area contributed by atoms with E-state index in [9.17, 15) is 9.59 Å². The van der Waals surface area contributed by atoms with Gasteiger partial charge in [-0.1, -0.05) is 0 Å².